The summed E-state index contributed by atoms with van der Waals surface area (Å²) >= 11 is 0. The average Bonchev–Trinajstić information content (AvgIpc) is 2.73. The van der Waals surface area contributed by atoms with Crippen LogP contribution in [0.3, 0.4) is 0 Å². The Bertz CT molecular complexity index is 1110. The van der Waals surface area contributed by atoms with Gasteiger partial charge in [0.15, 0.2) is 0 Å². The van der Waals surface area contributed by atoms with Gasteiger partial charge in [0, 0.05) is 17.8 Å². The van der Waals surface area contributed by atoms with Crippen LogP contribution in [0.5, 0.6) is 5.75 Å². The van der Waals surface area contributed by atoms with E-state index in [4.69, 9.17) is 4.74 Å². The number of aryl methyl sites for hydroxylation is 1. The molecule has 3 aromatic rings. The van der Waals surface area contributed by atoms with E-state index in [2.05, 4.69) is 10.0 Å². The largest absolute Gasteiger partial charge is 0.494 e. The van der Waals surface area contributed by atoms with Crippen molar-refractivity contribution in [1.29, 1.82) is 0 Å². The normalized spacial score (nSPS) is 11.0. The van der Waals surface area contributed by atoms with Gasteiger partial charge in [0.05, 0.1) is 11.5 Å². The molecule has 0 saturated carbocycles. The van der Waals surface area contributed by atoms with Crippen molar-refractivity contribution in [2.75, 3.05) is 11.3 Å². The maximum atomic E-state index is 12.6. The molecule has 3 rings (SSSR count). The fourth-order valence-corrected chi connectivity index (χ4v) is 3.86. The standard InChI is InChI=1S/C23H24N2O4S/c1-3-29-21-11-13-22(14-12-21)30(27,28)25-20-6-4-5-19(15-20)23(26)24-16-18-9-7-17(2)8-10-18/h4-15,25H,3,16H2,1-2H3,(H,24,26). The fraction of sp³-hybridized carbons (Fsp3) is 0.174. The number of carbonyl (C=O) groups excluding carboxylic acids is 1. The summed E-state index contributed by atoms with van der Waals surface area (Å²) in [7, 11) is -3.78. The highest BCUT2D eigenvalue weighted by Crippen LogP contribution is 2.20. The van der Waals surface area contributed by atoms with Gasteiger partial charge >= 0.3 is 0 Å². The third kappa shape index (κ3) is 5.61. The number of benzene rings is 3. The van der Waals surface area contributed by atoms with Crippen molar-refractivity contribution in [3.63, 3.8) is 0 Å². The summed E-state index contributed by atoms with van der Waals surface area (Å²) in [5.74, 6) is 0.321. The minimum absolute atomic E-state index is 0.111. The first-order valence-corrected chi connectivity index (χ1v) is 11.0. The van der Waals surface area contributed by atoms with E-state index in [0.29, 0.717) is 30.2 Å². The monoisotopic (exact) mass is 424 g/mol. The predicted molar refractivity (Wildman–Crippen MR) is 117 cm³/mol. The molecule has 0 heterocycles. The van der Waals surface area contributed by atoms with Gasteiger partial charge in [-0.15, -0.1) is 0 Å². The Labute approximate surface area is 177 Å². The minimum Gasteiger partial charge on any atom is -0.494 e. The molecular formula is C23H24N2O4S. The van der Waals surface area contributed by atoms with Crippen LogP contribution in [0, 0.1) is 6.92 Å². The van der Waals surface area contributed by atoms with Crippen LogP contribution in [0.4, 0.5) is 5.69 Å². The molecule has 30 heavy (non-hydrogen) atoms. The van der Waals surface area contributed by atoms with E-state index < -0.39 is 10.0 Å². The summed E-state index contributed by atoms with van der Waals surface area (Å²) in [5.41, 5.74) is 2.82. The first-order chi connectivity index (χ1) is 14.4. The zero-order chi connectivity index (χ0) is 21.6. The molecule has 0 atom stereocenters. The molecule has 0 spiro atoms. The molecule has 0 aliphatic carbocycles. The van der Waals surface area contributed by atoms with Crippen molar-refractivity contribution in [1.82, 2.24) is 5.32 Å². The molecule has 0 unspecified atom stereocenters. The maximum Gasteiger partial charge on any atom is 0.261 e. The summed E-state index contributed by atoms with van der Waals surface area (Å²) in [6, 6.07) is 20.4. The molecule has 0 bridgehead atoms. The minimum atomic E-state index is -3.78. The Balaban J connectivity index is 1.68. The Hall–Kier alpha value is -3.32. The zero-order valence-corrected chi connectivity index (χ0v) is 17.7. The molecule has 156 valence electrons. The second kappa shape index (κ2) is 9.45. The number of sulfonamides is 1. The highest BCUT2D eigenvalue weighted by Gasteiger charge is 2.15. The average molecular weight is 425 g/mol. The predicted octanol–water partition coefficient (Wildman–Crippen LogP) is 4.12. The number of anilines is 1. The lowest BCUT2D eigenvalue weighted by atomic mass is 10.1. The van der Waals surface area contributed by atoms with Gasteiger partial charge in [0.1, 0.15) is 5.75 Å². The topological polar surface area (TPSA) is 84.5 Å². The number of hydrogen-bond donors (Lipinski definition) is 2. The van der Waals surface area contributed by atoms with Gasteiger partial charge in [-0.3, -0.25) is 9.52 Å². The van der Waals surface area contributed by atoms with Crippen molar-refractivity contribution in [3.8, 4) is 5.75 Å². The van der Waals surface area contributed by atoms with E-state index in [1.165, 1.54) is 18.2 Å². The third-order valence-corrected chi connectivity index (χ3v) is 5.79. The van der Waals surface area contributed by atoms with E-state index in [1.54, 1.807) is 30.3 Å². The van der Waals surface area contributed by atoms with Crippen LogP contribution < -0.4 is 14.8 Å². The van der Waals surface area contributed by atoms with Gasteiger partial charge in [-0.05, 0) is 61.9 Å². The summed E-state index contributed by atoms with van der Waals surface area (Å²) in [5, 5.41) is 2.84. The first-order valence-electron chi connectivity index (χ1n) is 9.57. The van der Waals surface area contributed by atoms with E-state index in [9.17, 15) is 13.2 Å². The van der Waals surface area contributed by atoms with Crippen molar-refractivity contribution < 1.29 is 17.9 Å². The van der Waals surface area contributed by atoms with Crippen molar-refractivity contribution in [3.05, 3.63) is 89.5 Å². The lowest BCUT2D eigenvalue weighted by Gasteiger charge is -2.11. The van der Waals surface area contributed by atoms with Crippen LogP contribution in [-0.2, 0) is 16.6 Å². The Morgan fingerprint density at radius 2 is 1.67 bits per heavy atom. The van der Waals surface area contributed by atoms with Gasteiger partial charge in [-0.1, -0.05) is 35.9 Å². The van der Waals surface area contributed by atoms with Crippen molar-refractivity contribution in [2.45, 2.75) is 25.3 Å². The second-order valence-corrected chi connectivity index (χ2v) is 8.44. The number of hydrogen-bond acceptors (Lipinski definition) is 4. The number of amides is 1. The molecule has 7 heteroatoms. The molecule has 6 nitrogen and oxygen atoms in total. The van der Waals surface area contributed by atoms with E-state index >= 15 is 0 Å². The van der Waals surface area contributed by atoms with Crippen molar-refractivity contribution >= 4 is 21.6 Å². The number of rotatable bonds is 8. The van der Waals surface area contributed by atoms with E-state index in [-0.39, 0.29) is 10.8 Å². The summed E-state index contributed by atoms with van der Waals surface area (Å²) in [4.78, 5) is 12.6. The Kier molecular flexibility index (Phi) is 6.74. The molecule has 2 N–H and O–H groups in total. The van der Waals surface area contributed by atoms with Crippen LogP contribution in [0.1, 0.15) is 28.4 Å². The molecule has 0 radical (unpaired) electrons. The fourth-order valence-electron chi connectivity index (χ4n) is 2.81. The summed E-state index contributed by atoms with van der Waals surface area (Å²) < 4.78 is 33.1. The SMILES string of the molecule is CCOc1ccc(S(=O)(=O)Nc2cccc(C(=O)NCc3ccc(C)cc3)c2)cc1. The van der Waals surface area contributed by atoms with E-state index in [1.807, 2.05) is 38.1 Å². The quantitative estimate of drug-likeness (QED) is 0.570. The van der Waals surface area contributed by atoms with Crippen LogP contribution in [0.15, 0.2) is 77.7 Å². The highest BCUT2D eigenvalue weighted by atomic mass is 32.2. The lowest BCUT2D eigenvalue weighted by molar-refractivity contribution is 0.0951. The molecule has 0 aliphatic rings. The smallest absolute Gasteiger partial charge is 0.261 e. The van der Waals surface area contributed by atoms with Gasteiger partial charge in [-0.25, -0.2) is 8.42 Å². The molecule has 3 aromatic carbocycles. The molecule has 0 aromatic heterocycles. The van der Waals surface area contributed by atoms with Gasteiger partial charge in [-0.2, -0.15) is 0 Å². The van der Waals surface area contributed by atoms with Crippen molar-refractivity contribution in [2.24, 2.45) is 0 Å². The molecule has 1 amide bonds. The van der Waals surface area contributed by atoms with Crippen LogP contribution >= 0.6 is 0 Å². The highest BCUT2D eigenvalue weighted by molar-refractivity contribution is 7.92. The molecule has 0 fully saturated rings. The van der Waals surface area contributed by atoms with Crippen LogP contribution in [-0.4, -0.2) is 20.9 Å². The van der Waals surface area contributed by atoms with E-state index in [0.717, 1.165) is 11.1 Å². The first kappa shape index (κ1) is 21.4. The van der Waals surface area contributed by atoms with Gasteiger partial charge in [0.25, 0.3) is 15.9 Å². The maximum absolute atomic E-state index is 12.6. The van der Waals surface area contributed by atoms with Gasteiger partial charge < -0.3 is 10.1 Å². The van der Waals surface area contributed by atoms with Crippen LogP contribution in [0.25, 0.3) is 0 Å². The third-order valence-electron chi connectivity index (χ3n) is 4.40. The summed E-state index contributed by atoms with van der Waals surface area (Å²) in [6.45, 7) is 4.75. The number of carbonyl (C=O) groups is 1. The number of ether oxygens (including phenoxy) is 1. The lowest BCUT2D eigenvalue weighted by Crippen LogP contribution is -2.23. The number of nitrogens with one attached hydrogen (secondary N) is 2. The molecule has 0 aliphatic heterocycles. The molecular weight excluding hydrogens is 400 g/mol. The summed E-state index contributed by atoms with van der Waals surface area (Å²) in [6.07, 6.45) is 0. The Morgan fingerprint density at radius 1 is 0.967 bits per heavy atom. The van der Waals surface area contributed by atoms with Gasteiger partial charge in [0.2, 0.25) is 0 Å². The zero-order valence-electron chi connectivity index (χ0n) is 16.9. The molecule has 0 saturated heterocycles. The second-order valence-electron chi connectivity index (χ2n) is 6.76. The Morgan fingerprint density at radius 3 is 2.33 bits per heavy atom. The van der Waals surface area contributed by atoms with Crippen LogP contribution in [0.2, 0.25) is 0 Å².